The maximum absolute atomic E-state index is 13.6. The second-order valence-corrected chi connectivity index (χ2v) is 8.07. The van der Waals surface area contributed by atoms with Crippen molar-refractivity contribution in [3.8, 4) is 28.6 Å². The highest BCUT2D eigenvalue weighted by atomic mass is 16.5. The monoisotopic (exact) mass is 469 g/mol. The molecule has 1 amide bonds. The first kappa shape index (κ1) is 22.0. The Kier molecular flexibility index (Phi) is 5.58. The molecule has 1 unspecified atom stereocenters. The maximum Gasteiger partial charge on any atom is 0.255 e. The van der Waals surface area contributed by atoms with Crippen LogP contribution in [0.5, 0.6) is 17.2 Å². The van der Waals surface area contributed by atoms with Crippen molar-refractivity contribution in [2.45, 2.75) is 13.0 Å². The van der Waals surface area contributed by atoms with E-state index in [0.29, 0.717) is 45.6 Å². The van der Waals surface area contributed by atoms with Crippen LogP contribution in [0.2, 0.25) is 0 Å². The summed E-state index contributed by atoms with van der Waals surface area (Å²) >= 11 is 0. The third-order valence-electron chi connectivity index (χ3n) is 5.76. The first-order valence-corrected chi connectivity index (χ1v) is 10.9. The topological polar surface area (TPSA) is 122 Å². The van der Waals surface area contributed by atoms with Crippen molar-refractivity contribution in [2.24, 2.45) is 0 Å². The summed E-state index contributed by atoms with van der Waals surface area (Å²) < 4.78 is 7.01. The van der Waals surface area contributed by atoms with Crippen molar-refractivity contribution in [3.63, 3.8) is 0 Å². The Bertz CT molecular complexity index is 1440. The predicted octanol–water partition coefficient (Wildman–Crippen LogP) is 4.29. The zero-order chi connectivity index (χ0) is 24.5. The molecular weight excluding hydrogens is 446 g/mol. The highest BCUT2D eigenvalue weighted by Gasteiger charge is 2.35. The number of aromatic nitrogens is 3. The smallest absolute Gasteiger partial charge is 0.255 e. The van der Waals surface area contributed by atoms with Gasteiger partial charge < -0.3 is 25.6 Å². The van der Waals surface area contributed by atoms with E-state index in [1.807, 2.05) is 18.2 Å². The number of ether oxygens (including phenoxy) is 1. The number of hydrogen-bond donors (Lipinski definition) is 4. The Morgan fingerprint density at radius 3 is 2.54 bits per heavy atom. The van der Waals surface area contributed by atoms with E-state index < -0.39 is 6.04 Å². The van der Waals surface area contributed by atoms with E-state index in [0.717, 1.165) is 0 Å². The van der Waals surface area contributed by atoms with E-state index >= 15 is 0 Å². The van der Waals surface area contributed by atoms with Crippen LogP contribution in [0.4, 0.5) is 11.6 Å². The summed E-state index contributed by atoms with van der Waals surface area (Å²) in [7, 11) is 1.54. The van der Waals surface area contributed by atoms with Gasteiger partial charge in [0.05, 0.1) is 18.4 Å². The van der Waals surface area contributed by atoms with E-state index in [-0.39, 0.29) is 17.4 Å². The minimum Gasteiger partial charge on any atom is -0.508 e. The highest BCUT2D eigenvalue weighted by Crippen LogP contribution is 2.38. The van der Waals surface area contributed by atoms with E-state index in [9.17, 15) is 15.0 Å². The summed E-state index contributed by atoms with van der Waals surface area (Å²) in [6.45, 7) is 1.80. The van der Waals surface area contributed by atoms with E-state index in [1.165, 1.54) is 0 Å². The molecule has 0 saturated carbocycles. The van der Waals surface area contributed by atoms with Gasteiger partial charge in [0.2, 0.25) is 5.95 Å². The van der Waals surface area contributed by atoms with Crippen molar-refractivity contribution in [3.05, 3.63) is 89.6 Å². The lowest BCUT2D eigenvalue weighted by Gasteiger charge is -2.29. The minimum absolute atomic E-state index is 0.0728. The summed E-state index contributed by atoms with van der Waals surface area (Å²) in [5.74, 6) is 1.28. The van der Waals surface area contributed by atoms with Crippen molar-refractivity contribution in [1.29, 1.82) is 0 Å². The fraction of sp³-hybridized carbons (Fsp3) is 0.115. The molecule has 1 aliphatic heterocycles. The van der Waals surface area contributed by atoms with Crippen LogP contribution in [0.3, 0.4) is 0 Å². The number of fused-ring (bicyclic) bond motifs is 1. The molecule has 1 aromatic heterocycles. The molecular formula is C26H23N5O4. The molecule has 9 nitrogen and oxygen atoms in total. The van der Waals surface area contributed by atoms with Gasteiger partial charge in [-0.3, -0.25) is 4.79 Å². The number of allylic oxidation sites excluding steroid dienone is 1. The Hall–Kier alpha value is -4.79. The molecule has 0 radical (unpaired) electrons. The molecule has 0 aliphatic carbocycles. The number of methoxy groups -OCH3 is 1. The first-order valence-electron chi connectivity index (χ1n) is 10.9. The van der Waals surface area contributed by atoms with Gasteiger partial charge in [-0.15, -0.1) is 5.10 Å². The first-order chi connectivity index (χ1) is 16.9. The van der Waals surface area contributed by atoms with Crippen LogP contribution in [-0.2, 0) is 4.79 Å². The van der Waals surface area contributed by atoms with Gasteiger partial charge in [-0.1, -0.05) is 24.3 Å². The third kappa shape index (κ3) is 4.15. The van der Waals surface area contributed by atoms with Crippen LogP contribution >= 0.6 is 0 Å². The molecule has 3 aromatic carbocycles. The third-order valence-corrected chi connectivity index (χ3v) is 5.76. The molecule has 0 fully saturated rings. The Morgan fingerprint density at radius 2 is 1.80 bits per heavy atom. The molecule has 0 bridgehead atoms. The molecule has 176 valence electrons. The van der Waals surface area contributed by atoms with Gasteiger partial charge in [-0.05, 0) is 61.0 Å². The average Bonchev–Trinajstić information content (AvgIpc) is 3.27. The van der Waals surface area contributed by atoms with Gasteiger partial charge in [0.15, 0.2) is 5.82 Å². The summed E-state index contributed by atoms with van der Waals surface area (Å²) in [6.07, 6.45) is 0. The van der Waals surface area contributed by atoms with Crippen molar-refractivity contribution in [2.75, 3.05) is 17.7 Å². The molecule has 0 spiro atoms. The van der Waals surface area contributed by atoms with E-state index in [4.69, 9.17) is 4.74 Å². The van der Waals surface area contributed by atoms with Crippen molar-refractivity contribution < 1.29 is 19.7 Å². The fourth-order valence-electron chi connectivity index (χ4n) is 4.12. The number of benzene rings is 3. The molecule has 1 aliphatic rings. The van der Waals surface area contributed by atoms with Crippen molar-refractivity contribution >= 4 is 17.5 Å². The van der Waals surface area contributed by atoms with Crippen LogP contribution in [0.1, 0.15) is 18.5 Å². The lowest BCUT2D eigenvalue weighted by molar-refractivity contribution is -0.113. The molecule has 1 atom stereocenters. The number of hydrogen-bond acceptors (Lipinski definition) is 7. The van der Waals surface area contributed by atoms with Gasteiger partial charge in [-0.2, -0.15) is 4.98 Å². The minimum atomic E-state index is -0.661. The number of phenols is 2. The number of nitrogens with zero attached hydrogens (tertiary/aromatic N) is 3. The number of anilines is 2. The predicted molar refractivity (Wildman–Crippen MR) is 131 cm³/mol. The number of para-hydroxylation sites is 2. The Morgan fingerprint density at radius 1 is 1.03 bits per heavy atom. The number of carbonyl (C=O) groups excluding carboxylic acids is 1. The van der Waals surface area contributed by atoms with Gasteiger partial charge in [0, 0.05) is 11.3 Å². The second-order valence-electron chi connectivity index (χ2n) is 8.07. The van der Waals surface area contributed by atoms with E-state index in [1.54, 1.807) is 73.3 Å². The number of nitrogens with one attached hydrogen (secondary N) is 2. The molecule has 9 heteroatoms. The summed E-state index contributed by atoms with van der Waals surface area (Å²) in [5.41, 5.74) is 2.92. The SMILES string of the molecule is COc1ccccc1NC(=O)C1=C(C)Nc2nc(-c3ccc(O)cc3)nn2C1c1cccc(O)c1. The molecule has 4 aromatic rings. The molecule has 35 heavy (non-hydrogen) atoms. The van der Waals surface area contributed by atoms with Gasteiger partial charge >= 0.3 is 0 Å². The number of rotatable bonds is 5. The zero-order valence-electron chi connectivity index (χ0n) is 19.1. The quantitative estimate of drug-likeness (QED) is 0.344. The number of carbonyl (C=O) groups is 1. The van der Waals surface area contributed by atoms with Gasteiger partial charge in [0.25, 0.3) is 5.91 Å². The van der Waals surface area contributed by atoms with Gasteiger partial charge in [0.1, 0.15) is 23.3 Å². The van der Waals surface area contributed by atoms with E-state index in [2.05, 4.69) is 20.7 Å². The molecule has 4 N–H and O–H groups in total. The summed E-state index contributed by atoms with van der Waals surface area (Å²) in [6, 6.07) is 19.8. The Labute approximate surface area is 201 Å². The Balaban J connectivity index is 1.60. The van der Waals surface area contributed by atoms with Crippen LogP contribution in [0.25, 0.3) is 11.4 Å². The maximum atomic E-state index is 13.6. The molecule has 0 saturated heterocycles. The van der Waals surface area contributed by atoms with Crippen LogP contribution < -0.4 is 15.4 Å². The van der Waals surface area contributed by atoms with Crippen LogP contribution in [0.15, 0.2) is 84.1 Å². The van der Waals surface area contributed by atoms with Crippen molar-refractivity contribution in [1.82, 2.24) is 14.8 Å². The van der Waals surface area contributed by atoms with Crippen LogP contribution in [0, 0.1) is 0 Å². The van der Waals surface area contributed by atoms with Crippen LogP contribution in [-0.4, -0.2) is 38.0 Å². The number of phenolic OH excluding ortho intramolecular Hbond substituents is 2. The second kappa shape index (κ2) is 8.86. The van der Waals surface area contributed by atoms with Gasteiger partial charge in [-0.25, -0.2) is 4.68 Å². The zero-order valence-corrected chi connectivity index (χ0v) is 19.1. The lowest BCUT2D eigenvalue weighted by Crippen LogP contribution is -2.31. The largest absolute Gasteiger partial charge is 0.508 e. The number of aromatic hydroxyl groups is 2. The molecule has 2 heterocycles. The number of amides is 1. The summed E-state index contributed by atoms with van der Waals surface area (Å²) in [5, 5.41) is 30.6. The normalized spacial score (nSPS) is 14.7. The average molecular weight is 470 g/mol. The highest BCUT2D eigenvalue weighted by molar-refractivity contribution is 6.06. The fourth-order valence-corrected chi connectivity index (χ4v) is 4.12. The summed E-state index contributed by atoms with van der Waals surface area (Å²) in [4.78, 5) is 18.2. The standard InChI is InChI=1S/C26H23N5O4/c1-15-22(25(34)28-20-8-3-4-9-21(20)35-2)23(17-6-5-7-19(33)14-17)31-26(27-15)29-24(30-31)16-10-12-18(32)13-11-16/h3-14,23,32-33H,1-2H3,(H,28,34)(H,27,29,30). The lowest BCUT2D eigenvalue weighted by atomic mass is 9.95. The molecule has 5 rings (SSSR count).